The van der Waals surface area contributed by atoms with Gasteiger partial charge < -0.3 is 5.11 Å². The summed E-state index contributed by atoms with van der Waals surface area (Å²) in [4.78, 5) is 10.5. The molecule has 1 unspecified atom stereocenters. The highest BCUT2D eigenvalue weighted by molar-refractivity contribution is 9.10. The second-order valence-corrected chi connectivity index (χ2v) is 5.27. The average Bonchev–Trinajstić information content (AvgIpc) is 2.18. The first-order valence-corrected chi connectivity index (χ1v) is 6.13. The van der Waals surface area contributed by atoms with E-state index < -0.39 is 11.2 Å². The fourth-order valence-corrected chi connectivity index (χ4v) is 2.14. The molecule has 15 heavy (non-hydrogen) atoms. The number of benzene rings is 1. The Kier molecular flexibility index (Phi) is 4.60. The van der Waals surface area contributed by atoms with Crippen LogP contribution >= 0.6 is 27.7 Å². The van der Waals surface area contributed by atoms with Crippen LogP contribution in [0.25, 0.3) is 0 Å². The SMILES string of the molecule is CC(SCc1cc(Br)ccc1F)C(=O)O. The van der Waals surface area contributed by atoms with Gasteiger partial charge in [0, 0.05) is 10.2 Å². The molecule has 0 aromatic heterocycles. The van der Waals surface area contributed by atoms with Gasteiger partial charge in [-0.3, -0.25) is 4.79 Å². The molecule has 0 spiro atoms. The molecule has 1 N–H and O–H groups in total. The Balaban J connectivity index is 2.65. The van der Waals surface area contributed by atoms with E-state index in [2.05, 4.69) is 15.9 Å². The van der Waals surface area contributed by atoms with Gasteiger partial charge in [-0.15, -0.1) is 11.8 Å². The van der Waals surface area contributed by atoms with Crippen LogP contribution in [-0.2, 0) is 10.5 Å². The van der Waals surface area contributed by atoms with Gasteiger partial charge in [-0.25, -0.2) is 4.39 Å². The summed E-state index contributed by atoms with van der Waals surface area (Å²) in [6, 6.07) is 4.65. The van der Waals surface area contributed by atoms with Crippen LogP contribution < -0.4 is 0 Å². The largest absolute Gasteiger partial charge is 0.480 e. The van der Waals surface area contributed by atoms with Crippen LogP contribution in [0, 0.1) is 5.82 Å². The number of hydrogen-bond acceptors (Lipinski definition) is 2. The van der Waals surface area contributed by atoms with Crippen LogP contribution in [0.3, 0.4) is 0 Å². The zero-order chi connectivity index (χ0) is 11.4. The number of carbonyl (C=O) groups is 1. The highest BCUT2D eigenvalue weighted by Gasteiger charge is 2.12. The third kappa shape index (κ3) is 3.83. The summed E-state index contributed by atoms with van der Waals surface area (Å²) in [6.45, 7) is 1.59. The van der Waals surface area contributed by atoms with Gasteiger partial charge in [0.05, 0.1) is 5.25 Å². The van der Waals surface area contributed by atoms with Crippen molar-refractivity contribution in [3.63, 3.8) is 0 Å². The van der Waals surface area contributed by atoms with Crippen molar-refractivity contribution in [1.29, 1.82) is 0 Å². The average molecular weight is 293 g/mol. The fourth-order valence-electron chi connectivity index (χ4n) is 0.940. The van der Waals surface area contributed by atoms with Crippen LogP contribution in [0.2, 0.25) is 0 Å². The first kappa shape index (κ1) is 12.5. The normalized spacial score (nSPS) is 12.5. The molecule has 0 saturated heterocycles. The standard InChI is InChI=1S/C10H10BrFO2S/c1-6(10(13)14)15-5-7-4-8(11)2-3-9(7)12/h2-4,6H,5H2,1H3,(H,13,14). The molecule has 0 saturated carbocycles. The highest BCUT2D eigenvalue weighted by atomic mass is 79.9. The van der Waals surface area contributed by atoms with Crippen molar-refractivity contribution in [3.8, 4) is 0 Å². The number of rotatable bonds is 4. The van der Waals surface area contributed by atoms with E-state index in [9.17, 15) is 9.18 Å². The summed E-state index contributed by atoms with van der Waals surface area (Å²) in [5, 5.41) is 8.14. The van der Waals surface area contributed by atoms with Crippen LogP contribution in [0.4, 0.5) is 4.39 Å². The van der Waals surface area contributed by atoms with E-state index in [1.54, 1.807) is 19.1 Å². The zero-order valence-corrected chi connectivity index (χ0v) is 10.4. The lowest BCUT2D eigenvalue weighted by Crippen LogP contribution is -2.11. The topological polar surface area (TPSA) is 37.3 Å². The third-order valence-electron chi connectivity index (χ3n) is 1.84. The van der Waals surface area contributed by atoms with Crippen LogP contribution in [0.1, 0.15) is 12.5 Å². The highest BCUT2D eigenvalue weighted by Crippen LogP contribution is 2.22. The van der Waals surface area contributed by atoms with Gasteiger partial charge in [-0.2, -0.15) is 0 Å². The molecule has 1 atom stereocenters. The molecule has 0 aliphatic heterocycles. The molecule has 0 fully saturated rings. The van der Waals surface area contributed by atoms with E-state index in [0.29, 0.717) is 11.3 Å². The maximum atomic E-state index is 13.2. The quantitative estimate of drug-likeness (QED) is 0.925. The van der Waals surface area contributed by atoms with Crippen molar-refractivity contribution in [2.45, 2.75) is 17.9 Å². The van der Waals surface area contributed by atoms with Crippen LogP contribution in [0.15, 0.2) is 22.7 Å². The maximum absolute atomic E-state index is 13.2. The van der Waals surface area contributed by atoms with Gasteiger partial charge in [0.25, 0.3) is 0 Å². The summed E-state index contributed by atoms with van der Waals surface area (Å²) in [6.07, 6.45) is 0. The molecule has 0 heterocycles. The van der Waals surface area contributed by atoms with E-state index in [1.807, 2.05) is 0 Å². The second-order valence-electron chi connectivity index (χ2n) is 3.03. The summed E-state index contributed by atoms with van der Waals surface area (Å²) >= 11 is 4.44. The smallest absolute Gasteiger partial charge is 0.316 e. The van der Waals surface area contributed by atoms with Gasteiger partial charge in [-0.05, 0) is 30.7 Å². The molecule has 0 bridgehead atoms. The molecule has 82 valence electrons. The Labute approximate surface area is 100 Å². The number of carboxylic acids is 1. The fraction of sp³-hybridized carbons (Fsp3) is 0.300. The molecule has 1 aromatic carbocycles. The Hall–Kier alpha value is -0.550. The van der Waals surface area contributed by atoms with Crippen molar-refractivity contribution >= 4 is 33.7 Å². The summed E-state index contributed by atoms with van der Waals surface area (Å²) in [5.41, 5.74) is 0.516. The summed E-state index contributed by atoms with van der Waals surface area (Å²) in [7, 11) is 0. The minimum atomic E-state index is -0.879. The maximum Gasteiger partial charge on any atom is 0.316 e. The van der Waals surface area contributed by atoms with Gasteiger partial charge in [0.1, 0.15) is 5.82 Å². The van der Waals surface area contributed by atoms with Gasteiger partial charge >= 0.3 is 5.97 Å². The monoisotopic (exact) mass is 292 g/mol. The van der Waals surface area contributed by atoms with Gasteiger partial charge in [0.2, 0.25) is 0 Å². The molecule has 2 nitrogen and oxygen atoms in total. The van der Waals surface area contributed by atoms with E-state index in [0.717, 1.165) is 4.47 Å². The Bertz CT molecular complexity index is 370. The van der Waals surface area contributed by atoms with Gasteiger partial charge in [0.15, 0.2) is 0 Å². The Morgan fingerprint density at radius 1 is 1.67 bits per heavy atom. The number of halogens is 2. The Morgan fingerprint density at radius 2 is 2.33 bits per heavy atom. The predicted molar refractivity (Wildman–Crippen MR) is 62.5 cm³/mol. The zero-order valence-electron chi connectivity index (χ0n) is 8.04. The Morgan fingerprint density at radius 3 is 2.93 bits per heavy atom. The second kappa shape index (κ2) is 5.51. The van der Waals surface area contributed by atoms with Crippen molar-refractivity contribution in [2.75, 3.05) is 0 Å². The van der Waals surface area contributed by atoms with E-state index >= 15 is 0 Å². The van der Waals surface area contributed by atoms with E-state index in [4.69, 9.17) is 5.11 Å². The lowest BCUT2D eigenvalue weighted by Gasteiger charge is -2.07. The first-order chi connectivity index (χ1) is 7.00. The molecule has 0 aliphatic carbocycles. The van der Waals surface area contributed by atoms with Crippen molar-refractivity contribution in [2.24, 2.45) is 0 Å². The van der Waals surface area contributed by atoms with Crippen LogP contribution in [0.5, 0.6) is 0 Å². The molecule has 1 rings (SSSR count). The number of hydrogen-bond donors (Lipinski definition) is 1. The summed E-state index contributed by atoms with van der Waals surface area (Å²) < 4.78 is 14.0. The molecule has 0 radical (unpaired) electrons. The molecule has 0 aliphatic rings. The first-order valence-electron chi connectivity index (χ1n) is 4.29. The van der Waals surface area contributed by atoms with E-state index in [1.165, 1.54) is 17.8 Å². The van der Waals surface area contributed by atoms with Gasteiger partial charge in [-0.1, -0.05) is 15.9 Å². The number of aliphatic carboxylic acids is 1. The number of thioether (sulfide) groups is 1. The lowest BCUT2D eigenvalue weighted by molar-refractivity contribution is -0.136. The lowest BCUT2D eigenvalue weighted by atomic mass is 10.2. The molecular formula is C10H10BrFO2S. The van der Waals surface area contributed by atoms with Crippen molar-refractivity contribution < 1.29 is 14.3 Å². The van der Waals surface area contributed by atoms with Crippen LogP contribution in [-0.4, -0.2) is 16.3 Å². The predicted octanol–water partition coefficient (Wildman–Crippen LogP) is 3.29. The van der Waals surface area contributed by atoms with E-state index in [-0.39, 0.29) is 5.82 Å². The molecule has 0 amide bonds. The third-order valence-corrected chi connectivity index (χ3v) is 3.52. The van der Waals surface area contributed by atoms with Crippen molar-refractivity contribution in [3.05, 3.63) is 34.1 Å². The molecule has 5 heteroatoms. The minimum Gasteiger partial charge on any atom is -0.480 e. The minimum absolute atomic E-state index is 0.303. The number of carboxylic acid groups (broad SMARTS) is 1. The summed E-state index contributed by atoms with van der Waals surface area (Å²) in [5.74, 6) is -0.822. The van der Waals surface area contributed by atoms with Crippen molar-refractivity contribution in [1.82, 2.24) is 0 Å². The molecule has 1 aromatic rings. The molecular weight excluding hydrogens is 283 g/mol.